The molecule has 0 N–H and O–H groups in total. The Labute approximate surface area is 246 Å². The van der Waals surface area contributed by atoms with E-state index < -0.39 is 17.6 Å². The van der Waals surface area contributed by atoms with Crippen molar-refractivity contribution >= 4 is 40.2 Å². The van der Waals surface area contributed by atoms with Gasteiger partial charge in [0.15, 0.2) is 4.80 Å². The van der Waals surface area contributed by atoms with Crippen LogP contribution >= 0.6 is 11.3 Å². The van der Waals surface area contributed by atoms with Gasteiger partial charge < -0.3 is 14.4 Å². The number of ether oxygens (including phenoxy) is 2. The van der Waals surface area contributed by atoms with Gasteiger partial charge in [0, 0.05) is 17.2 Å². The van der Waals surface area contributed by atoms with Gasteiger partial charge in [-0.1, -0.05) is 72.0 Å². The highest BCUT2D eigenvalue weighted by molar-refractivity contribution is 7.07. The highest BCUT2D eigenvalue weighted by atomic mass is 32.1. The first-order valence-electron chi connectivity index (χ1n) is 13.7. The predicted octanol–water partition coefficient (Wildman–Crippen LogP) is 4.07. The van der Waals surface area contributed by atoms with Gasteiger partial charge in [-0.3, -0.25) is 14.2 Å². The smallest absolute Gasteiger partial charge is 0.338 e. The average molecular weight is 580 g/mol. The molecule has 1 aromatic heterocycles. The Morgan fingerprint density at radius 1 is 1.00 bits per heavy atom. The van der Waals surface area contributed by atoms with Crippen molar-refractivity contribution in [2.45, 2.75) is 32.9 Å². The van der Waals surface area contributed by atoms with Gasteiger partial charge in [-0.15, -0.1) is 0 Å². The van der Waals surface area contributed by atoms with Crippen LogP contribution in [-0.2, 0) is 14.3 Å². The molecule has 0 saturated heterocycles. The number of carbonyl (C=O) groups excluding carboxylic acids is 2. The molecule has 6 rings (SSSR count). The third-order valence-electron chi connectivity index (χ3n) is 7.37. The topological polar surface area (TPSA) is 90.2 Å². The lowest BCUT2D eigenvalue weighted by atomic mass is 9.93. The van der Waals surface area contributed by atoms with Crippen molar-refractivity contribution in [2.24, 2.45) is 4.99 Å². The third-order valence-corrected chi connectivity index (χ3v) is 8.42. The first kappa shape index (κ1) is 27.4. The minimum Gasteiger partial charge on any atom is -0.497 e. The molecule has 8 nitrogen and oxygen atoms in total. The van der Waals surface area contributed by atoms with E-state index in [4.69, 9.17) is 14.5 Å². The van der Waals surface area contributed by atoms with Crippen molar-refractivity contribution in [1.82, 2.24) is 4.57 Å². The van der Waals surface area contributed by atoms with Crippen LogP contribution in [0.2, 0.25) is 0 Å². The quantitative estimate of drug-likeness (QED) is 0.322. The number of para-hydroxylation sites is 1. The second-order valence-electron chi connectivity index (χ2n) is 10.2. The summed E-state index contributed by atoms with van der Waals surface area (Å²) in [6, 6.07) is 23.1. The minimum atomic E-state index is -0.868. The van der Waals surface area contributed by atoms with Crippen molar-refractivity contribution in [3.63, 3.8) is 0 Å². The predicted molar refractivity (Wildman–Crippen MR) is 162 cm³/mol. The van der Waals surface area contributed by atoms with E-state index in [1.54, 1.807) is 31.1 Å². The Hall–Kier alpha value is -4.76. The molecule has 3 aromatic carbocycles. The zero-order valence-corrected chi connectivity index (χ0v) is 24.5. The Morgan fingerprint density at radius 3 is 2.45 bits per heavy atom. The van der Waals surface area contributed by atoms with Crippen molar-refractivity contribution < 1.29 is 19.1 Å². The van der Waals surface area contributed by atoms with E-state index in [1.165, 1.54) is 4.57 Å². The van der Waals surface area contributed by atoms with E-state index in [0.717, 1.165) is 17.0 Å². The zero-order chi connectivity index (χ0) is 29.5. The van der Waals surface area contributed by atoms with Gasteiger partial charge in [0.25, 0.3) is 11.5 Å². The second-order valence-corrected chi connectivity index (χ2v) is 11.2. The van der Waals surface area contributed by atoms with Crippen LogP contribution < -0.4 is 24.5 Å². The summed E-state index contributed by atoms with van der Waals surface area (Å²) in [5.74, 6) is -0.229. The molecule has 0 aliphatic carbocycles. The largest absolute Gasteiger partial charge is 0.497 e. The van der Waals surface area contributed by atoms with E-state index in [2.05, 4.69) is 0 Å². The van der Waals surface area contributed by atoms with Crippen LogP contribution in [0.5, 0.6) is 5.75 Å². The molecule has 1 amide bonds. The van der Waals surface area contributed by atoms with Crippen molar-refractivity contribution in [3.05, 3.63) is 121 Å². The lowest BCUT2D eigenvalue weighted by Crippen LogP contribution is -2.41. The number of thiazole rings is 1. The van der Waals surface area contributed by atoms with Crippen LogP contribution in [0.4, 0.5) is 5.69 Å². The minimum absolute atomic E-state index is 0.107. The molecule has 212 valence electrons. The Kier molecular flexibility index (Phi) is 7.12. The summed E-state index contributed by atoms with van der Waals surface area (Å²) in [6.07, 6.45) is 0. The normalized spacial score (nSPS) is 17.2. The SMILES string of the molecule is CCOC(=O)C1=C(c2ccccc2)N=c2s/c(=C3/C(=O)N(C(C)C)c4ccccc43)c(=O)n2[C@@H]1c1cccc(OC)c1. The molecule has 0 fully saturated rings. The molecule has 0 unspecified atom stereocenters. The fourth-order valence-corrected chi connectivity index (χ4v) is 6.68. The number of anilines is 1. The molecular formula is C33H29N3O5S. The number of benzene rings is 3. The molecule has 9 heteroatoms. The number of hydrogen-bond donors (Lipinski definition) is 0. The maximum Gasteiger partial charge on any atom is 0.338 e. The van der Waals surface area contributed by atoms with Gasteiger partial charge in [-0.2, -0.15) is 0 Å². The highest BCUT2D eigenvalue weighted by Gasteiger charge is 2.39. The Bertz CT molecular complexity index is 1940. The molecule has 4 aromatic rings. The number of hydrogen-bond acceptors (Lipinski definition) is 7. The van der Waals surface area contributed by atoms with Crippen LogP contribution in [0.15, 0.2) is 94.2 Å². The second kappa shape index (κ2) is 10.9. The number of fused-ring (bicyclic) bond motifs is 2. The first-order valence-corrected chi connectivity index (χ1v) is 14.5. The summed E-state index contributed by atoms with van der Waals surface area (Å²) in [6.45, 7) is 5.78. The fourth-order valence-electron chi connectivity index (χ4n) is 5.59. The molecule has 2 aliphatic heterocycles. The molecule has 3 heterocycles. The summed E-state index contributed by atoms with van der Waals surface area (Å²) in [7, 11) is 1.56. The number of rotatable bonds is 6. The monoisotopic (exact) mass is 579 g/mol. The summed E-state index contributed by atoms with van der Waals surface area (Å²) in [5, 5.41) is 0. The van der Waals surface area contributed by atoms with Crippen LogP contribution in [0.25, 0.3) is 11.3 Å². The maximum absolute atomic E-state index is 14.5. The van der Waals surface area contributed by atoms with Gasteiger partial charge in [0.1, 0.15) is 10.3 Å². The number of aromatic nitrogens is 1. The fraction of sp³-hybridized carbons (Fsp3) is 0.212. The number of amides is 1. The van der Waals surface area contributed by atoms with Crippen LogP contribution in [0, 0.1) is 0 Å². The van der Waals surface area contributed by atoms with E-state index in [1.807, 2.05) is 80.6 Å². The maximum atomic E-state index is 14.5. The third kappa shape index (κ3) is 4.37. The highest BCUT2D eigenvalue weighted by Crippen LogP contribution is 2.38. The summed E-state index contributed by atoms with van der Waals surface area (Å²) < 4.78 is 12.8. The number of methoxy groups -OCH3 is 1. The number of carbonyl (C=O) groups is 2. The number of nitrogens with zero attached hydrogens (tertiary/aromatic N) is 3. The van der Waals surface area contributed by atoms with Gasteiger partial charge >= 0.3 is 5.97 Å². The van der Waals surface area contributed by atoms with E-state index in [-0.39, 0.29) is 28.7 Å². The summed E-state index contributed by atoms with van der Waals surface area (Å²) in [5.41, 5.74) is 3.43. The van der Waals surface area contributed by atoms with Gasteiger partial charge in [-0.25, -0.2) is 9.79 Å². The molecule has 2 aliphatic rings. The molecular weight excluding hydrogens is 550 g/mol. The van der Waals surface area contributed by atoms with Crippen molar-refractivity contribution in [2.75, 3.05) is 18.6 Å². The van der Waals surface area contributed by atoms with Crippen molar-refractivity contribution in [1.29, 1.82) is 0 Å². The van der Waals surface area contributed by atoms with Crippen LogP contribution in [0.3, 0.4) is 0 Å². The van der Waals surface area contributed by atoms with Gasteiger partial charge in [0.05, 0.1) is 42.3 Å². The molecule has 0 bridgehead atoms. The first-order chi connectivity index (χ1) is 20.3. The lowest BCUT2D eigenvalue weighted by molar-refractivity contribution is -0.138. The zero-order valence-electron chi connectivity index (χ0n) is 23.7. The Balaban J connectivity index is 1.72. The molecule has 42 heavy (non-hydrogen) atoms. The summed E-state index contributed by atoms with van der Waals surface area (Å²) >= 11 is 1.16. The van der Waals surface area contributed by atoms with E-state index >= 15 is 0 Å². The average Bonchev–Trinajstić information content (AvgIpc) is 3.48. The molecule has 0 spiro atoms. The van der Waals surface area contributed by atoms with Crippen LogP contribution in [-0.4, -0.2) is 36.2 Å². The molecule has 0 radical (unpaired) electrons. The standard InChI is InChI=1S/C33H29N3O5S/c1-5-41-32(39)26-27(20-12-7-6-8-13-20)34-33-36(28(26)21-14-11-15-22(18-21)40-4)31(38)29(42-33)25-23-16-9-10-17-24(23)35(19(2)3)30(25)37/h6-19,28H,5H2,1-4H3/b29-25+/t28-/m1/s1. The Morgan fingerprint density at radius 2 is 1.74 bits per heavy atom. The van der Waals surface area contributed by atoms with Gasteiger partial charge in [0.2, 0.25) is 0 Å². The van der Waals surface area contributed by atoms with E-state index in [0.29, 0.717) is 38.5 Å². The molecule has 0 saturated carbocycles. The van der Waals surface area contributed by atoms with Crippen LogP contribution in [0.1, 0.15) is 43.5 Å². The summed E-state index contributed by atoms with van der Waals surface area (Å²) in [4.78, 5) is 49.0. The van der Waals surface area contributed by atoms with E-state index in [9.17, 15) is 14.4 Å². The number of esters is 1. The van der Waals surface area contributed by atoms with Gasteiger partial charge in [-0.05, 0) is 44.5 Å². The molecule has 1 atom stereocenters. The van der Waals surface area contributed by atoms with Crippen molar-refractivity contribution in [3.8, 4) is 5.75 Å². The lowest BCUT2D eigenvalue weighted by Gasteiger charge is -2.26.